The third-order valence-electron chi connectivity index (χ3n) is 4.11. The molecular weight excluding hydrogens is 302 g/mol. The van der Waals surface area contributed by atoms with Crippen LogP contribution in [0.2, 0.25) is 5.02 Å². The molecule has 0 radical (unpaired) electrons. The fourth-order valence-corrected chi connectivity index (χ4v) is 2.92. The smallest absolute Gasteiger partial charge is 0.317 e. The van der Waals surface area contributed by atoms with Gasteiger partial charge in [0.25, 0.3) is 0 Å². The van der Waals surface area contributed by atoms with Crippen molar-refractivity contribution in [1.29, 1.82) is 0 Å². The van der Waals surface area contributed by atoms with Crippen molar-refractivity contribution in [2.45, 2.75) is 18.9 Å². The van der Waals surface area contributed by atoms with Gasteiger partial charge in [0.05, 0.1) is 0 Å². The molecule has 6 heteroatoms. The molecule has 0 aromatic heterocycles. The summed E-state index contributed by atoms with van der Waals surface area (Å²) in [5, 5.41) is 12.8. The first-order valence-electron chi connectivity index (χ1n) is 7.68. The Morgan fingerprint density at radius 3 is 3.00 bits per heavy atom. The second kappa shape index (κ2) is 8.36. The number of carbonyl (C=O) groups excluding carboxylic acids is 1. The van der Waals surface area contributed by atoms with Crippen LogP contribution in [-0.2, 0) is 6.42 Å². The summed E-state index contributed by atoms with van der Waals surface area (Å²) in [5.74, 6) is 0. The van der Waals surface area contributed by atoms with Gasteiger partial charge in [-0.2, -0.15) is 0 Å². The molecule has 2 amide bonds. The quantitative estimate of drug-likeness (QED) is 0.864. The van der Waals surface area contributed by atoms with Crippen LogP contribution in [0.25, 0.3) is 0 Å². The predicted molar refractivity (Wildman–Crippen MR) is 88.2 cm³/mol. The minimum Gasteiger partial charge on any atom is -0.396 e. The van der Waals surface area contributed by atoms with Crippen molar-refractivity contribution in [2.75, 3.05) is 39.8 Å². The zero-order valence-electron chi connectivity index (χ0n) is 13.0. The Bertz CT molecular complexity index is 498. The molecule has 1 fully saturated rings. The third kappa shape index (κ3) is 4.87. The van der Waals surface area contributed by atoms with Gasteiger partial charge in [-0.3, -0.25) is 4.90 Å². The van der Waals surface area contributed by atoms with Crippen LogP contribution in [0, 0.1) is 0 Å². The first-order chi connectivity index (χ1) is 10.6. The Hall–Kier alpha value is -1.30. The lowest BCUT2D eigenvalue weighted by molar-refractivity contribution is 0.0928. The standard InChI is InChI=1S/C16H24ClN3O2/c1-19-8-9-20(12-15(19)6-10-21)16(22)18-7-5-13-3-2-4-14(17)11-13/h2-4,11,15,21H,5-10,12H2,1H3,(H,18,22)/t15-/m1/s1. The molecule has 1 aromatic rings. The summed E-state index contributed by atoms with van der Waals surface area (Å²) in [6.45, 7) is 2.98. The van der Waals surface area contributed by atoms with Crippen molar-refractivity contribution in [1.82, 2.24) is 15.1 Å². The van der Waals surface area contributed by atoms with Gasteiger partial charge in [-0.05, 0) is 37.6 Å². The summed E-state index contributed by atoms with van der Waals surface area (Å²) >= 11 is 5.95. The van der Waals surface area contributed by atoms with Crippen molar-refractivity contribution >= 4 is 17.6 Å². The Morgan fingerprint density at radius 1 is 1.45 bits per heavy atom. The fourth-order valence-electron chi connectivity index (χ4n) is 2.71. The molecule has 1 aliphatic heterocycles. The number of nitrogens with zero attached hydrogens (tertiary/aromatic N) is 2. The molecule has 0 aliphatic carbocycles. The first kappa shape index (κ1) is 17.1. The van der Waals surface area contributed by atoms with Gasteiger partial charge >= 0.3 is 6.03 Å². The zero-order valence-corrected chi connectivity index (χ0v) is 13.7. The number of likely N-dealkylation sites (N-methyl/N-ethyl adjacent to an activating group) is 1. The molecule has 1 aromatic carbocycles. The number of hydrogen-bond donors (Lipinski definition) is 2. The molecule has 22 heavy (non-hydrogen) atoms. The van der Waals surface area contributed by atoms with Crippen LogP contribution in [0.3, 0.4) is 0 Å². The van der Waals surface area contributed by atoms with E-state index in [9.17, 15) is 4.79 Å². The number of aliphatic hydroxyl groups is 1. The summed E-state index contributed by atoms with van der Waals surface area (Å²) < 4.78 is 0. The number of urea groups is 1. The molecule has 1 heterocycles. The molecule has 0 spiro atoms. The molecule has 1 saturated heterocycles. The average molecular weight is 326 g/mol. The van der Waals surface area contributed by atoms with Crippen molar-refractivity contribution < 1.29 is 9.90 Å². The molecule has 5 nitrogen and oxygen atoms in total. The number of nitrogens with one attached hydrogen (secondary N) is 1. The number of carbonyl (C=O) groups is 1. The first-order valence-corrected chi connectivity index (χ1v) is 8.06. The van der Waals surface area contributed by atoms with E-state index in [1.54, 1.807) is 0 Å². The summed E-state index contributed by atoms with van der Waals surface area (Å²) in [6, 6.07) is 7.89. The number of aliphatic hydroxyl groups excluding tert-OH is 1. The van der Waals surface area contributed by atoms with E-state index in [4.69, 9.17) is 16.7 Å². The molecule has 1 atom stereocenters. The van der Waals surface area contributed by atoms with Crippen molar-refractivity contribution in [3.8, 4) is 0 Å². The normalized spacial score (nSPS) is 19.2. The maximum absolute atomic E-state index is 12.2. The highest BCUT2D eigenvalue weighted by molar-refractivity contribution is 6.30. The Labute approximate surface area is 136 Å². The third-order valence-corrected chi connectivity index (χ3v) is 4.34. The number of hydrogen-bond acceptors (Lipinski definition) is 3. The van der Waals surface area contributed by atoms with Crippen LogP contribution in [0.5, 0.6) is 0 Å². The predicted octanol–water partition coefficient (Wildman–Crippen LogP) is 1.59. The van der Waals surface area contributed by atoms with E-state index in [-0.39, 0.29) is 18.7 Å². The number of amides is 2. The topological polar surface area (TPSA) is 55.8 Å². The molecule has 2 N–H and O–H groups in total. The summed E-state index contributed by atoms with van der Waals surface area (Å²) in [6.07, 6.45) is 1.46. The maximum atomic E-state index is 12.2. The minimum atomic E-state index is -0.0296. The van der Waals surface area contributed by atoms with Gasteiger partial charge in [-0.15, -0.1) is 0 Å². The van der Waals surface area contributed by atoms with E-state index in [1.807, 2.05) is 36.2 Å². The van der Waals surface area contributed by atoms with E-state index in [1.165, 1.54) is 0 Å². The lowest BCUT2D eigenvalue weighted by atomic mass is 10.1. The highest BCUT2D eigenvalue weighted by Crippen LogP contribution is 2.12. The van der Waals surface area contributed by atoms with Gasteiger partial charge in [-0.25, -0.2) is 4.79 Å². The molecule has 0 unspecified atom stereocenters. The Morgan fingerprint density at radius 2 is 2.27 bits per heavy atom. The highest BCUT2D eigenvalue weighted by Gasteiger charge is 2.26. The number of benzene rings is 1. The van der Waals surface area contributed by atoms with Gasteiger partial charge in [-0.1, -0.05) is 23.7 Å². The van der Waals surface area contributed by atoms with E-state index < -0.39 is 0 Å². The zero-order chi connectivity index (χ0) is 15.9. The van der Waals surface area contributed by atoms with Crippen LogP contribution in [0.4, 0.5) is 4.79 Å². The second-order valence-electron chi connectivity index (χ2n) is 5.70. The number of piperazine rings is 1. The van der Waals surface area contributed by atoms with E-state index in [0.29, 0.717) is 19.5 Å². The van der Waals surface area contributed by atoms with Crippen molar-refractivity contribution in [3.05, 3.63) is 34.9 Å². The fraction of sp³-hybridized carbons (Fsp3) is 0.562. The van der Waals surface area contributed by atoms with Crippen LogP contribution in [0.15, 0.2) is 24.3 Å². The van der Waals surface area contributed by atoms with Gasteiger partial charge in [0.1, 0.15) is 0 Å². The van der Waals surface area contributed by atoms with E-state index in [0.717, 1.165) is 30.1 Å². The monoisotopic (exact) mass is 325 g/mol. The van der Waals surface area contributed by atoms with Crippen molar-refractivity contribution in [2.24, 2.45) is 0 Å². The lowest BCUT2D eigenvalue weighted by Gasteiger charge is -2.39. The van der Waals surface area contributed by atoms with Gasteiger partial charge < -0.3 is 15.3 Å². The van der Waals surface area contributed by atoms with Gasteiger partial charge in [0.15, 0.2) is 0 Å². The number of halogens is 1. The molecule has 122 valence electrons. The summed E-state index contributed by atoms with van der Waals surface area (Å²) in [7, 11) is 2.04. The molecular formula is C16H24ClN3O2. The van der Waals surface area contributed by atoms with E-state index in [2.05, 4.69) is 10.2 Å². The largest absolute Gasteiger partial charge is 0.396 e. The SMILES string of the molecule is CN1CCN(C(=O)NCCc2cccc(Cl)c2)C[C@H]1CCO. The Balaban J connectivity index is 1.77. The lowest BCUT2D eigenvalue weighted by Crippen LogP contribution is -2.55. The van der Waals surface area contributed by atoms with Crippen molar-refractivity contribution in [3.63, 3.8) is 0 Å². The van der Waals surface area contributed by atoms with Crippen LogP contribution >= 0.6 is 11.6 Å². The second-order valence-corrected chi connectivity index (χ2v) is 6.14. The van der Waals surface area contributed by atoms with E-state index >= 15 is 0 Å². The summed E-state index contributed by atoms with van der Waals surface area (Å²) in [4.78, 5) is 16.3. The van der Waals surface area contributed by atoms with Crippen LogP contribution < -0.4 is 5.32 Å². The molecule has 0 bridgehead atoms. The van der Waals surface area contributed by atoms with Gasteiger partial charge in [0, 0.05) is 43.9 Å². The molecule has 1 aliphatic rings. The van der Waals surface area contributed by atoms with Crippen LogP contribution in [0.1, 0.15) is 12.0 Å². The summed E-state index contributed by atoms with van der Waals surface area (Å²) in [5.41, 5.74) is 1.12. The molecule has 0 saturated carbocycles. The minimum absolute atomic E-state index is 0.0296. The highest BCUT2D eigenvalue weighted by atomic mass is 35.5. The number of rotatable bonds is 5. The maximum Gasteiger partial charge on any atom is 0.317 e. The van der Waals surface area contributed by atoms with Gasteiger partial charge in [0.2, 0.25) is 0 Å². The van der Waals surface area contributed by atoms with Crippen LogP contribution in [-0.4, -0.2) is 66.8 Å². The Kier molecular flexibility index (Phi) is 6.49. The average Bonchev–Trinajstić information content (AvgIpc) is 2.49. The molecule has 2 rings (SSSR count).